The van der Waals surface area contributed by atoms with E-state index in [9.17, 15) is 0 Å². The Morgan fingerprint density at radius 1 is 1.09 bits per heavy atom. The molecule has 3 aromatic rings. The summed E-state index contributed by atoms with van der Waals surface area (Å²) >= 11 is 12.3. The first-order valence-corrected chi connectivity index (χ1v) is 8.48. The molecular formula is C17H16Cl2N4. The number of aromatic amines is 1. The first-order chi connectivity index (χ1) is 11.2. The zero-order chi connectivity index (χ0) is 15.8. The molecule has 1 aliphatic carbocycles. The monoisotopic (exact) mass is 346 g/mol. The minimum Gasteiger partial charge on any atom is -0.351 e. The number of rotatable bonds is 3. The van der Waals surface area contributed by atoms with Crippen LogP contribution in [0.2, 0.25) is 10.0 Å². The first-order valence-electron chi connectivity index (χ1n) is 7.72. The topological polar surface area (TPSA) is 46.5 Å². The Hall–Kier alpha value is -1.78. The van der Waals surface area contributed by atoms with Crippen molar-refractivity contribution < 1.29 is 0 Å². The zero-order valence-electron chi connectivity index (χ0n) is 12.5. The van der Waals surface area contributed by atoms with E-state index in [1.165, 1.54) is 24.2 Å². The molecule has 0 saturated heterocycles. The SMILES string of the molecule is Clc1ccc(C(c2c[nH]cn2)n2cnc3c2CCCC3)cc1Cl. The predicted octanol–water partition coefficient (Wildman–Crippen LogP) is 4.43. The third kappa shape index (κ3) is 2.66. The summed E-state index contributed by atoms with van der Waals surface area (Å²) in [5.74, 6) is 0. The van der Waals surface area contributed by atoms with Gasteiger partial charge in [-0.3, -0.25) is 0 Å². The smallest absolute Gasteiger partial charge is 0.104 e. The highest BCUT2D eigenvalue weighted by atomic mass is 35.5. The van der Waals surface area contributed by atoms with Crippen LogP contribution in [0.5, 0.6) is 0 Å². The van der Waals surface area contributed by atoms with Crippen molar-refractivity contribution in [2.45, 2.75) is 31.7 Å². The minimum absolute atomic E-state index is 0.0506. The van der Waals surface area contributed by atoms with Crippen molar-refractivity contribution in [2.24, 2.45) is 0 Å². The second-order valence-electron chi connectivity index (χ2n) is 5.82. The van der Waals surface area contributed by atoms with Crippen molar-refractivity contribution in [2.75, 3.05) is 0 Å². The minimum atomic E-state index is -0.0506. The van der Waals surface area contributed by atoms with Gasteiger partial charge in [-0.05, 0) is 43.4 Å². The summed E-state index contributed by atoms with van der Waals surface area (Å²) in [4.78, 5) is 12.1. The molecule has 23 heavy (non-hydrogen) atoms. The number of fused-ring (bicyclic) bond motifs is 1. The fraction of sp³-hybridized carbons (Fsp3) is 0.294. The van der Waals surface area contributed by atoms with Crippen LogP contribution in [0.25, 0.3) is 0 Å². The van der Waals surface area contributed by atoms with Gasteiger partial charge in [0.25, 0.3) is 0 Å². The van der Waals surface area contributed by atoms with Crippen LogP contribution < -0.4 is 0 Å². The summed E-state index contributed by atoms with van der Waals surface area (Å²) in [6.07, 6.45) is 10.1. The van der Waals surface area contributed by atoms with Crippen molar-refractivity contribution in [3.05, 3.63) is 69.7 Å². The lowest BCUT2D eigenvalue weighted by atomic mass is 9.98. The lowest BCUT2D eigenvalue weighted by molar-refractivity contribution is 0.585. The van der Waals surface area contributed by atoms with Crippen LogP contribution in [0.1, 0.15) is 41.5 Å². The fourth-order valence-electron chi connectivity index (χ4n) is 3.29. The average Bonchev–Trinajstić information content (AvgIpc) is 3.22. The van der Waals surface area contributed by atoms with Gasteiger partial charge in [-0.1, -0.05) is 29.3 Å². The Kier molecular flexibility index (Phi) is 3.87. The molecule has 1 unspecified atom stereocenters. The molecule has 6 heteroatoms. The highest BCUT2D eigenvalue weighted by molar-refractivity contribution is 6.42. The zero-order valence-corrected chi connectivity index (χ0v) is 14.0. The van der Waals surface area contributed by atoms with Gasteiger partial charge in [0.2, 0.25) is 0 Å². The average molecular weight is 347 g/mol. The number of aryl methyl sites for hydroxylation is 1. The van der Waals surface area contributed by atoms with E-state index in [4.69, 9.17) is 23.2 Å². The van der Waals surface area contributed by atoms with Crippen LogP contribution in [0.4, 0.5) is 0 Å². The quantitative estimate of drug-likeness (QED) is 0.762. The summed E-state index contributed by atoms with van der Waals surface area (Å²) in [6, 6.07) is 5.70. The van der Waals surface area contributed by atoms with Gasteiger partial charge >= 0.3 is 0 Å². The van der Waals surface area contributed by atoms with Crippen molar-refractivity contribution in [3.63, 3.8) is 0 Å². The molecule has 1 aromatic carbocycles. The molecule has 118 valence electrons. The summed E-state index contributed by atoms with van der Waals surface area (Å²) in [7, 11) is 0. The molecule has 0 amide bonds. The van der Waals surface area contributed by atoms with E-state index in [-0.39, 0.29) is 6.04 Å². The molecule has 0 aliphatic heterocycles. The molecule has 0 fully saturated rings. The molecule has 2 heterocycles. The van der Waals surface area contributed by atoms with Gasteiger partial charge in [0.15, 0.2) is 0 Å². The summed E-state index contributed by atoms with van der Waals surface area (Å²) < 4.78 is 2.23. The maximum Gasteiger partial charge on any atom is 0.104 e. The van der Waals surface area contributed by atoms with Crippen molar-refractivity contribution >= 4 is 23.2 Å². The van der Waals surface area contributed by atoms with E-state index in [2.05, 4.69) is 19.5 Å². The van der Waals surface area contributed by atoms with Gasteiger partial charge in [0.1, 0.15) is 6.04 Å². The van der Waals surface area contributed by atoms with Crippen LogP contribution in [0.3, 0.4) is 0 Å². The van der Waals surface area contributed by atoms with E-state index >= 15 is 0 Å². The number of H-pyrrole nitrogens is 1. The molecule has 0 bridgehead atoms. The number of hydrogen-bond donors (Lipinski definition) is 1. The Labute approximate surface area is 144 Å². The van der Waals surface area contributed by atoms with E-state index in [0.29, 0.717) is 10.0 Å². The number of nitrogens with zero attached hydrogens (tertiary/aromatic N) is 3. The number of nitrogens with one attached hydrogen (secondary N) is 1. The number of hydrogen-bond acceptors (Lipinski definition) is 2. The van der Waals surface area contributed by atoms with Crippen LogP contribution in [-0.2, 0) is 12.8 Å². The number of aromatic nitrogens is 4. The summed E-state index contributed by atoms with van der Waals surface area (Å²) in [5, 5.41) is 1.11. The lowest BCUT2D eigenvalue weighted by Crippen LogP contribution is -2.16. The number of imidazole rings is 2. The van der Waals surface area contributed by atoms with Gasteiger partial charge in [-0.15, -0.1) is 0 Å². The molecule has 2 aromatic heterocycles. The molecule has 0 spiro atoms. The Morgan fingerprint density at radius 2 is 1.96 bits per heavy atom. The van der Waals surface area contributed by atoms with Crippen LogP contribution in [0.15, 0.2) is 37.1 Å². The van der Waals surface area contributed by atoms with Gasteiger partial charge in [0, 0.05) is 11.9 Å². The molecule has 1 N–H and O–H groups in total. The van der Waals surface area contributed by atoms with Crippen molar-refractivity contribution in [1.82, 2.24) is 19.5 Å². The molecular weight excluding hydrogens is 331 g/mol. The molecule has 0 saturated carbocycles. The van der Waals surface area contributed by atoms with Gasteiger partial charge in [0.05, 0.1) is 34.1 Å². The molecule has 0 radical (unpaired) electrons. The third-order valence-electron chi connectivity index (χ3n) is 4.40. The second-order valence-corrected chi connectivity index (χ2v) is 6.64. The van der Waals surface area contributed by atoms with Gasteiger partial charge in [-0.25, -0.2) is 9.97 Å². The van der Waals surface area contributed by atoms with E-state index in [0.717, 1.165) is 24.1 Å². The highest BCUT2D eigenvalue weighted by Crippen LogP contribution is 2.33. The third-order valence-corrected chi connectivity index (χ3v) is 5.14. The van der Waals surface area contributed by atoms with E-state index in [1.54, 1.807) is 6.33 Å². The van der Waals surface area contributed by atoms with Gasteiger partial charge < -0.3 is 9.55 Å². The lowest BCUT2D eigenvalue weighted by Gasteiger charge is -2.22. The maximum absolute atomic E-state index is 6.24. The van der Waals surface area contributed by atoms with Crippen molar-refractivity contribution in [3.8, 4) is 0 Å². The Morgan fingerprint density at radius 3 is 2.74 bits per heavy atom. The fourth-order valence-corrected chi connectivity index (χ4v) is 3.60. The van der Waals surface area contributed by atoms with Crippen LogP contribution in [-0.4, -0.2) is 19.5 Å². The predicted molar refractivity (Wildman–Crippen MR) is 91.2 cm³/mol. The molecule has 4 nitrogen and oxygen atoms in total. The van der Waals surface area contributed by atoms with Crippen LogP contribution in [0, 0.1) is 0 Å². The molecule has 1 atom stereocenters. The number of halogens is 2. The maximum atomic E-state index is 6.24. The first kappa shape index (κ1) is 14.8. The summed E-state index contributed by atoms with van der Waals surface area (Å²) in [5.41, 5.74) is 4.50. The largest absolute Gasteiger partial charge is 0.351 e. The van der Waals surface area contributed by atoms with Crippen LogP contribution >= 0.6 is 23.2 Å². The summed E-state index contributed by atoms with van der Waals surface area (Å²) in [6.45, 7) is 0. The normalized spacial score (nSPS) is 15.4. The Bertz CT molecular complexity index is 823. The number of benzene rings is 1. The Balaban J connectivity index is 1.86. The standard InChI is InChI=1S/C17H16Cl2N4/c18-12-6-5-11(7-13(12)19)17(15-8-20-9-21-15)23-10-22-14-3-1-2-4-16(14)23/h5-10,17H,1-4H2,(H,20,21). The molecule has 4 rings (SSSR count). The second kappa shape index (κ2) is 6.02. The highest BCUT2D eigenvalue weighted by Gasteiger charge is 2.24. The van der Waals surface area contributed by atoms with Gasteiger partial charge in [-0.2, -0.15) is 0 Å². The van der Waals surface area contributed by atoms with E-state index < -0.39 is 0 Å². The van der Waals surface area contributed by atoms with E-state index in [1.807, 2.05) is 30.7 Å². The van der Waals surface area contributed by atoms with Crippen molar-refractivity contribution in [1.29, 1.82) is 0 Å². The molecule has 1 aliphatic rings.